The van der Waals surface area contributed by atoms with Gasteiger partial charge in [-0.2, -0.15) is 16.4 Å². The van der Waals surface area contributed by atoms with Crippen LogP contribution in [0.1, 0.15) is 32.6 Å². The van der Waals surface area contributed by atoms with Gasteiger partial charge in [0.15, 0.2) is 21.0 Å². The van der Waals surface area contributed by atoms with Crippen LogP contribution in [-0.4, -0.2) is 24.5 Å². The number of sulfone groups is 1. The Kier molecular flexibility index (Phi) is 4.14. The van der Waals surface area contributed by atoms with Crippen LogP contribution in [0.5, 0.6) is 0 Å². The highest BCUT2D eigenvalue weighted by Gasteiger charge is 2.38. The van der Waals surface area contributed by atoms with Crippen LogP contribution < -0.4 is 10.6 Å². The molecule has 0 saturated carbocycles. The number of fused-ring (bicyclic) bond motifs is 1. The van der Waals surface area contributed by atoms with Crippen molar-refractivity contribution in [3.05, 3.63) is 63.5 Å². The Morgan fingerprint density at radius 2 is 2.19 bits per heavy atom. The summed E-state index contributed by atoms with van der Waals surface area (Å²) >= 11 is 1.43. The fourth-order valence-corrected chi connectivity index (χ4v) is 5.28. The third-order valence-electron chi connectivity index (χ3n) is 4.27. The van der Waals surface area contributed by atoms with Crippen LogP contribution >= 0.6 is 11.3 Å². The van der Waals surface area contributed by atoms with Gasteiger partial charge in [0.2, 0.25) is 0 Å². The van der Waals surface area contributed by atoms with E-state index in [2.05, 4.69) is 20.8 Å². The fourth-order valence-electron chi connectivity index (χ4n) is 2.94. The van der Waals surface area contributed by atoms with E-state index in [0.29, 0.717) is 29.2 Å². The third-order valence-corrected chi connectivity index (χ3v) is 6.89. The molecule has 0 fully saturated rings. The molecule has 1 unspecified atom stereocenters. The molecule has 3 N–H and O–H groups in total. The molecule has 7 nitrogen and oxygen atoms in total. The molecule has 134 valence electrons. The van der Waals surface area contributed by atoms with Crippen LogP contribution in [0.25, 0.3) is 0 Å². The molecule has 9 heteroatoms. The molecule has 3 aromatic rings. The van der Waals surface area contributed by atoms with Crippen molar-refractivity contribution in [1.29, 1.82) is 0 Å². The highest BCUT2D eigenvalue weighted by atomic mass is 32.2. The first kappa shape index (κ1) is 17.0. The summed E-state index contributed by atoms with van der Waals surface area (Å²) in [6.45, 7) is 2.15. The van der Waals surface area contributed by atoms with E-state index in [1.807, 2.05) is 18.4 Å². The van der Waals surface area contributed by atoms with E-state index in [1.54, 1.807) is 29.6 Å². The van der Waals surface area contributed by atoms with Gasteiger partial charge in [-0.05, 0) is 36.1 Å². The molecule has 3 heterocycles. The second-order valence-electron chi connectivity index (χ2n) is 6.05. The number of hydrogen-bond acceptors (Lipinski definition) is 6. The maximum absolute atomic E-state index is 13.0. The number of rotatable bonds is 4. The van der Waals surface area contributed by atoms with Crippen LogP contribution in [0.3, 0.4) is 0 Å². The molecule has 0 bridgehead atoms. The van der Waals surface area contributed by atoms with Crippen LogP contribution in [0, 0.1) is 6.92 Å². The van der Waals surface area contributed by atoms with Crippen molar-refractivity contribution in [2.24, 2.45) is 0 Å². The molecule has 0 saturated heterocycles. The number of thiophene rings is 1. The number of aryl methyl sites for hydroxylation is 1. The average Bonchev–Trinajstić information content (AvgIpc) is 3.33. The van der Waals surface area contributed by atoms with E-state index in [-0.39, 0.29) is 10.8 Å². The van der Waals surface area contributed by atoms with Gasteiger partial charge in [0.1, 0.15) is 0 Å². The van der Waals surface area contributed by atoms with Crippen molar-refractivity contribution < 1.29 is 13.2 Å². The van der Waals surface area contributed by atoms with Crippen molar-refractivity contribution >= 4 is 32.9 Å². The predicted octanol–water partition coefficient (Wildman–Crippen LogP) is 2.61. The zero-order valence-electron chi connectivity index (χ0n) is 13.8. The van der Waals surface area contributed by atoms with E-state index >= 15 is 0 Å². The second-order valence-corrected chi connectivity index (χ2v) is 8.87. The summed E-state index contributed by atoms with van der Waals surface area (Å²) in [5.74, 6) is 0.0798. The highest BCUT2D eigenvalue weighted by Crippen LogP contribution is 2.35. The summed E-state index contributed by atoms with van der Waals surface area (Å²) in [5.41, 5.74) is 2.54. The Balaban J connectivity index is 1.63. The van der Waals surface area contributed by atoms with Gasteiger partial charge >= 0.3 is 0 Å². The number of carbonyl (C=O) groups excluding carboxylic acids is 1. The Morgan fingerprint density at radius 1 is 1.35 bits per heavy atom. The quantitative estimate of drug-likeness (QED) is 0.637. The number of nitrogens with one attached hydrogen (secondary N) is 3. The van der Waals surface area contributed by atoms with E-state index in [4.69, 9.17) is 0 Å². The first-order valence-electron chi connectivity index (χ1n) is 7.91. The standard InChI is InChI=1S/C17H16N4O3S2/c1-10-3-2-4-12(7-10)26(23,24)17-14-13(8-18-17)15(21-20-14)19-16(22)11-5-6-25-9-11/h2-7,9,17-18H,8H2,1H3,(H2,19,20,21,22). The van der Waals surface area contributed by atoms with Crippen molar-refractivity contribution in [2.45, 2.75) is 23.7 Å². The van der Waals surface area contributed by atoms with Gasteiger partial charge in [0.05, 0.1) is 16.2 Å². The van der Waals surface area contributed by atoms with Crippen molar-refractivity contribution in [2.75, 3.05) is 5.32 Å². The summed E-state index contributed by atoms with van der Waals surface area (Å²) in [7, 11) is -3.63. The van der Waals surface area contributed by atoms with E-state index in [9.17, 15) is 13.2 Å². The number of amides is 1. The lowest BCUT2D eigenvalue weighted by Crippen LogP contribution is -2.23. The van der Waals surface area contributed by atoms with Crippen LogP contribution in [-0.2, 0) is 16.4 Å². The highest BCUT2D eigenvalue weighted by molar-refractivity contribution is 7.91. The number of anilines is 1. The summed E-state index contributed by atoms with van der Waals surface area (Å²) in [5, 5.41) is 15.3. The number of H-pyrrole nitrogens is 1. The molecular formula is C17H16N4O3S2. The number of aromatic nitrogens is 2. The molecule has 2 aromatic heterocycles. The number of hydrogen-bond donors (Lipinski definition) is 3. The Morgan fingerprint density at radius 3 is 2.92 bits per heavy atom. The largest absolute Gasteiger partial charge is 0.305 e. The maximum Gasteiger partial charge on any atom is 0.257 e. The SMILES string of the molecule is Cc1cccc(S(=O)(=O)C2NCc3c(NC(=O)c4ccsc4)n[nH]c32)c1. The van der Waals surface area contributed by atoms with E-state index < -0.39 is 15.2 Å². The lowest BCUT2D eigenvalue weighted by molar-refractivity contribution is 0.102. The molecule has 4 rings (SSSR count). The molecule has 1 aliphatic rings. The molecule has 1 amide bonds. The number of carbonyl (C=O) groups is 1. The zero-order chi connectivity index (χ0) is 18.3. The normalized spacial score (nSPS) is 16.4. The molecule has 0 radical (unpaired) electrons. The van der Waals surface area contributed by atoms with Crippen molar-refractivity contribution in [3.8, 4) is 0 Å². The van der Waals surface area contributed by atoms with Crippen LogP contribution in [0.2, 0.25) is 0 Å². The molecule has 0 aliphatic carbocycles. The van der Waals surface area contributed by atoms with Gasteiger partial charge in [-0.25, -0.2) is 8.42 Å². The summed E-state index contributed by atoms with van der Waals surface area (Å²) in [6, 6.07) is 8.51. The van der Waals surface area contributed by atoms with Crippen LogP contribution in [0.4, 0.5) is 5.82 Å². The fraction of sp³-hybridized carbons (Fsp3) is 0.176. The van der Waals surface area contributed by atoms with E-state index in [0.717, 1.165) is 5.56 Å². The van der Waals surface area contributed by atoms with Crippen molar-refractivity contribution in [3.63, 3.8) is 0 Å². The van der Waals surface area contributed by atoms with Crippen molar-refractivity contribution in [1.82, 2.24) is 15.5 Å². The average molecular weight is 388 g/mol. The van der Waals surface area contributed by atoms with Gasteiger partial charge in [-0.15, -0.1) is 0 Å². The molecule has 0 spiro atoms. The molecule has 1 aromatic carbocycles. The lowest BCUT2D eigenvalue weighted by atomic mass is 10.2. The summed E-state index contributed by atoms with van der Waals surface area (Å²) in [6.07, 6.45) is 0. The first-order valence-corrected chi connectivity index (χ1v) is 10.4. The Labute approximate surface area is 154 Å². The Hall–Kier alpha value is -2.49. The smallest absolute Gasteiger partial charge is 0.257 e. The number of aromatic amines is 1. The number of benzene rings is 1. The second kappa shape index (κ2) is 6.35. The van der Waals surface area contributed by atoms with Gasteiger partial charge in [-0.3, -0.25) is 15.2 Å². The summed E-state index contributed by atoms with van der Waals surface area (Å²) in [4.78, 5) is 12.5. The topological polar surface area (TPSA) is 104 Å². The van der Waals surface area contributed by atoms with Gasteiger partial charge in [0, 0.05) is 17.5 Å². The molecular weight excluding hydrogens is 372 g/mol. The first-order chi connectivity index (χ1) is 12.5. The van der Waals surface area contributed by atoms with Crippen LogP contribution in [0.15, 0.2) is 46.0 Å². The minimum atomic E-state index is -3.63. The third kappa shape index (κ3) is 2.83. The number of nitrogens with zero attached hydrogens (tertiary/aromatic N) is 1. The molecule has 1 atom stereocenters. The van der Waals surface area contributed by atoms with Gasteiger partial charge in [-0.1, -0.05) is 12.1 Å². The van der Waals surface area contributed by atoms with Gasteiger partial charge in [0.25, 0.3) is 5.91 Å². The maximum atomic E-state index is 13.0. The molecule has 26 heavy (non-hydrogen) atoms. The minimum Gasteiger partial charge on any atom is -0.305 e. The summed E-state index contributed by atoms with van der Waals surface area (Å²) < 4.78 is 25.9. The van der Waals surface area contributed by atoms with Gasteiger partial charge < -0.3 is 5.32 Å². The predicted molar refractivity (Wildman–Crippen MR) is 98.8 cm³/mol. The Bertz CT molecular complexity index is 1070. The zero-order valence-corrected chi connectivity index (χ0v) is 15.4. The molecule has 1 aliphatic heterocycles. The minimum absolute atomic E-state index is 0.251. The lowest BCUT2D eigenvalue weighted by Gasteiger charge is -2.12. The monoisotopic (exact) mass is 388 g/mol. The van der Waals surface area contributed by atoms with E-state index in [1.165, 1.54) is 11.3 Å².